The minimum atomic E-state index is -0.800. The van der Waals surface area contributed by atoms with Gasteiger partial charge in [0.05, 0.1) is 0 Å². The van der Waals surface area contributed by atoms with Gasteiger partial charge >= 0.3 is 17.9 Å². The van der Waals surface area contributed by atoms with Gasteiger partial charge in [0.1, 0.15) is 13.2 Å². The highest BCUT2D eigenvalue weighted by atomic mass is 16.6. The van der Waals surface area contributed by atoms with Gasteiger partial charge in [-0.1, -0.05) is 248 Å². The molecule has 0 aliphatic rings. The average Bonchev–Trinajstić information content (AvgIpc) is 3.33. The Bertz CT molecular complexity index is 1260. The third kappa shape index (κ3) is 53.7. The van der Waals surface area contributed by atoms with E-state index in [1.165, 1.54) is 148 Å². The number of hydrogen-bond donors (Lipinski definition) is 0. The lowest BCUT2D eigenvalue weighted by Crippen LogP contribution is -2.30. The molecule has 0 N–H and O–H groups in total. The second kappa shape index (κ2) is 55.4. The molecule has 0 aromatic carbocycles. The predicted octanol–water partition coefficient (Wildman–Crippen LogP) is 19.0. The Morgan fingerprint density at radius 1 is 0.313 bits per heavy atom. The van der Waals surface area contributed by atoms with Crippen molar-refractivity contribution in [2.45, 2.75) is 284 Å². The summed E-state index contributed by atoms with van der Waals surface area (Å²) in [4.78, 5) is 38.1. The number of ether oxygens (including phenoxy) is 3. The highest BCUT2D eigenvalue weighted by molar-refractivity contribution is 5.71. The van der Waals surface area contributed by atoms with Gasteiger partial charge in [0.2, 0.25) is 0 Å². The Balaban J connectivity index is 4.46. The van der Waals surface area contributed by atoms with Crippen molar-refractivity contribution < 1.29 is 28.6 Å². The summed E-state index contributed by atoms with van der Waals surface area (Å²) in [5.74, 6) is -0.954. The zero-order valence-corrected chi connectivity index (χ0v) is 44.2. The van der Waals surface area contributed by atoms with Crippen molar-refractivity contribution in [3.63, 3.8) is 0 Å². The standard InChI is InChI=1S/C61H106O6/c1-4-7-10-13-16-19-22-25-28-30-33-36-39-42-45-48-51-54-60(63)66-57-58(56-65-59(62)53-50-47-44-41-38-35-32-27-24-21-18-15-12-9-6-3)67-61(64)55-52-49-46-43-40-37-34-31-29-26-23-20-17-14-11-8-5-2/h7,10,16,19,25,27-28,32-33,36,42,45,58H,4-6,8-9,11-15,17-18,20-24,26,29-31,34-35,37-41,43-44,46-57H2,1-3H3/b10-7-,19-16-,28-25-,32-27-,36-33-,45-42-/t58-/m1/s1. The lowest BCUT2D eigenvalue weighted by atomic mass is 10.0. The highest BCUT2D eigenvalue weighted by Crippen LogP contribution is 2.16. The Labute approximate surface area is 414 Å². The van der Waals surface area contributed by atoms with Gasteiger partial charge in [-0.05, 0) is 83.5 Å². The van der Waals surface area contributed by atoms with Gasteiger partial charge in [0, 0.05) is 19.3 Å². The molecule has 0 bridgehead atoms. The maximum Gasteiger partial charge on any atom is 0.306 e. The average molecular weight is 936 g/mol. The molecule has 6 heteroatoms. The molecule has 1 atom stereocenters. The molecule has 0 radical (unpaired) electrons. The largest absolute Gasteiger partial charge is 0.462 e. The fourth-order valence-electron chi connectivity index (χ4n) is 7.94. The molecule has 0 aromatic rings. The van der Waals surface area contributed by atoms with E-state index in [4.69, 9.17) is 14.2 Å². The fourth-order valence-corrected chi connectivity index (χ4v) is 7.94. The number of carbonyl (C=O) groups excluding carboxylic acids is 3. The zero-order chi connectivity index (χ0) is 48.6. The van der Waals surface area contributed by atoms with Crippen LogP contribution in [0.3, 0.4) is 0 Å². The van der Waals surface area contributed by atoms with Crippen LogP contribution in [0.15, 0.2) is 72.9 Å². The molecule has 0 aliphatic heterocycles. The van der Waals surface area contributed by atoms with Crippen molar-refractivity contribution in [2.24, 2.45) is 0 Å². The van der Waals surface area contributed by atoms with Crippen LogP contribution in [0.2, 0.25) is 0 Å². The summed E-state index contributed by atoms with van der Waals surface area (Å²) in [6.07, 6.45) is 70.4. The molecule has 0 aliphatic carbocycles. The molecule has 0 saturated carbocycles. The van der Waals surface area contributed by atoms with Crippen LogP contribution < -0.4 is 0 Å². The van der Waals surface area contributed by atoms with Crippen molar-refractivity contribution in [3.8, 4) is 0 Å². The molecule has 0 unspecified atom stereocenters. The lowest BCUT2D eigenvalue weighted by Gasteiger charge is -2.18. The minimum Gasteiger partial charge on any atom is -0.462 e. The molecule has 0 aromatic heterocycles. The van der Waals surface area contributed by atoms with Crippen molar-refractivity contribution in [2.75, 3.05) is 13.2 Å². The van der Waals surface area contributed by atoms with E-state index in [0.717, 1.165) is 83.5 Å². The summed E-state index contributed by atoms with van der Waals surface area (Å²) >= 11 is 0. The van der Waals surface area contributed by atoms with E-state index in [0.29, 0.717) is 19.3 Å². The van der Waals surface area contributed by atoms with E-state index in [1.807, 2.05) is 0 Å². The molecule has 0 fully saturated rings. The van der Waals surface area contributed by atoms with Crippen LogP contribution in [0.1, 0.15) is 278 Å². The van der Waals surface area contributed by atoms with Crippen molar-refractivity contribution >= 4 is 17.9 Å². The van der Waals surface area contributed by atoms with Crippen LogP contribution >= 0.6 is 0 Å². The number of rotatable bonds is 51. The highest BCUT2D eigenvalue weighted by Gasteiger charge is 2.19. The summed E-state index contributed by atoms with van der Waals surface area (Å²) in [5.41, 5.74) is 0. The third-order valence-electron chi connectivity index (χ3n) is 12.2. The zero-order valence-electron chi connectivity index (χ0n) is 44.2. The summed E-state index contributed by atoms with van der Waals surface area (Å²) in [6, 6.07) is 0. The molecule has 67 heavy (non-hydrogen) atoms. The molecular weight excluding hydrogens is 829 g/mol. The Kier molecular flexibility index (Phi) is 52.8. The number of carbonyl (C=O) groups is 3. The Hall–Kier alpha value is -3.15. The lowest BCUT2D eigenvalue weighted by molar-refractivity contribution is -0.167. The summed E-state index contributed by atoms with van der Waals surface area (Å²) < 4.78 is 16.8. The predicted molar refractivity (Wildman–Crippen MR) is 288 cm³/mol. The third-order valence-corrected chi connectivity index (χ3v) is 12.2. The van der Waals surface area contributed by atoms with Crippen LogP contribution in [0.25, 0.3) is 0 Å². The molecule has 6 nitrogen and oxygen atoms in total. The van der Waals surface area contributed by atoms with Crippen molar-refractivity contribution in [1.82, 2.24) is 0 Å². The minimum absolute atomic E-state index is 0.0952. The van der Waals surface area contributed by atoms with Gasteiger partial charge in [-0.2, -0.15) is 0 Å². The monoisotopic (exact) mass is 935 g/mol. The number of hydrogen-bond acceptors (Lipinski definition) is 6. The van der Waals surface area contributed by atoms with Gasteiger partial charge in [-0.3, -0.25) is 14.4 Å². The second-order valence-corrected chi connectivity index (χ2v) is 18.8. The smallest absolute Gasteiger partial charge is 0.306 e. The SMILES string of the molecule is CC/C=C\C/C=C\C/C=C\C/C=C\C/C=C\CCCC(=O)OC[C@@H](COC(=O)CCCCCCC/C=C\CCCCCCCC)OC(=O)CCCCCCCCCCCCCCCCCCC. The molecule has 0 spiro atoms. The maximum absolute atomic E-state index is 12.9. The van der Waals surface area contributed by atoms with Crippen LogP contribution in [-0.2, 0) is 28.6 Å². The van der Waals surface area contributed by atoms with Gasteiger partial charge in [0.15, 0.2) is 6.10 Å². The molecule has 0 saturated heterocycles. The topological polar surface area (TPSA) is 78.9 Å². The Morgan fingerprint density at radius 3 is 0.985 bits per heavy atom. The maximum atomic E-state index is 12.9. The van der Waals surface area contributed by atoms with Crippen LogP contribution in [0.5, 0.6) is 0 Å². The van der Waals surface area contributed by atoms with Gasteiger partial charge < -0.3 is 14.2 Å². The first-order chi connectivity index (χ1) is 33.0. The number of unbranched alkanes of at least 4 members (excludes halogenated alkanes) is 28. The molecular formula is C61H106O6. The van der Waals surface area contributed by atoms with Gasteiger partial charge in [-0.15, -0.1) is 0 Å². The second-order valence-electron chi connectivity index (χ2n) is 18.8. The van der Waals surface area contributed by atoms with Crippen LogP contribution in [-0.4, -0.2) is 37.2 Å². The number of allylic oxidation sites excluding steroid dienone is 12. The molecule has 386 valence electrons. The first-order valence-corrected chi connectivity index (χ1v) is 28.4. The van der Waals surface area contributed by atoms with E-state index in [2.05, 4.69) is 93.7 Å². The first-order valence-electron chi connectivity index (χ1n) is 28.4. The quantitative estimate of drug-likeness (QED) is 0.0262. The van der Waals surface area contributed by atoms with Gasteiger partial charge in [0.25, 0.3) is 0 Å². The van der Waals surface area contributed by atoms with E-state index < -0.39 is 6.10 Å². The van der Waals surface area contributed by atoms with E-state index in [1.54, 1.807) is 0 Å². The fraction of sp³-hybridized carbons (Fsp3) is 0.754. The van der Waals surface area contributed by atoms with Gasteiger partial charge in [-0.25, -0.2) is 0 Å². The number of esters is 3. The van der Waals surface area contributed by atoms with Crippen LogP contribution in [0, 0.1) is 0 Å². The normalized spacial score (nSPS) is 12.6. The van der Waals surface area contributed by atoms with Crippen molar-refractivity contribution in [1.29, 1.82) is 0 Å². The molecule has 0 rings (SSSR count). The van der Waals surface area contributed by atoms with Crippen LogP contribution in [0.4, 0.5) is 0 Å². The molecule has 0 heterocycles. The summed E-state index contributed by atoms with van der Waals surface area (Å²) in [7, 11) is 0. The van der Waals surface area contributed by atoms with E-state index in [9.17, 15) is 14.4 Å². The Morgan fingerprint density at radius 2 is 0.597 bits per heavy atom. The van der Waals surface area contributed by atoms with E-state index in [-0.39, 0.29) is 37.5 Å². The molecule has 0 amide bonds. The summed E-state index contributed by atoms with van der Waals surface area (Å²) in [5, 5.41) is 0. The van der Waals surface area contributed by atoms with E-state index >= 15 is 0 Å². The van der Waals surface area contributed by atoms with Crippen molar-refractivity contribution in [3.05, 3.63) is 72.9 Å². The summed E-state index contributed by atoms with van der Waals surface area (Å²) in [6.45, 7) is 6.49. The first kappa shape index (κ1) is 63.8.